The van der Waals surface area contributed by atoms with E-state index in [1.807, 2.05) is 26.0 Å². The fourth-order valence-electron chi connectivity index (χ4n) is 4.08. The van der Waals surface area contributed by atoms with Gasteiger partial charge in [0.1, 0.15) is 11.8 Å². The van der Waals surface area contributed by atoms with E-state index in [1.165, 1.54) is 5.56 Å². The third-order valence-corrected chi connectivity index (χ3v) is 6.29. The van der Waals surface area contributed by atoms with Gasteiger partial charge in [-0.05, 0) is 36.5 Å². The number of rotatable bonds is 9. The number of hydrogen-bond donors (Lipinski definition) is 3. The van der Waals surface area contributed by atoms with Gasteiger partial charge in [-0.2, -0.15) is 0 Å². The van der Waals surface area contributed by atoms with Gasteiger partial charge in [-0.25, -0.2) is 4.79 Å². The Morgan fingerprint density at radius 3 is 2.48 bits per heavy atom. The number of urea groups is 1. The van der Waals surface area contributed by atoms with E-state index in [9.17, 15) is 9.59 Å². The van der Waals surface area contributed by atoms with Crippen LogP contribution in [0.3, 0.4) is 0 Å². The maximum atomic E-state index is 13.1. The second kappa shape index (κ2) is 12.3. The molecule has 3 rings (SSSR count). The third-order valence-electron chi connectivity index (χ3n) is 6.29. The molecular formula is C26H36N4O3. The number of anilines is 1. The van der Waals surface area contributed by atoms with Gasteiger partial charge in [0.15, 0.2) is 0 Å². The standard InChI is InChI=1S/C26H36N4O3/c1-4-19(2)24(29-26(32)28-22-11-8-12-23(17-22)33-3)25(31)27-21-13-15-30(16-14-21)18-20-9-6-5-7-10-20/h5-12,17,19,21,24H,4,13-16,18H2,1-3H3,(H,27,31)(H2,28,29,32). The molecule has 1 aliphatic rings. The van der Waals surface area contributed by atoms with Gasteiger partial charge in [0, 0.05) is 37.4 Å². The highest BCUT2D eigenvalue weighted by molar-refractivity contribution is 5.94. The summed E-state index contributed by atoms with van der Waals surface area (Å²) >= 11 is 0. The fraction of sp³-hybridized carbons (Fsp3) is 0.462. The Balaban J connectivity index is 1.51. The minimum absolute atomic E-state index is 0.0132. The summed E-state index contributed by atoms with van der Waals surface area (Å²) in [5, 5.41) is 8.85. The zero-order valence-electron chi connectivity index (χ0n) is 19.8. The highest BCUT2D eigenvalue weighted by Gasteiger charge is 2.29. The molecule has 1 aliphatic heterocycles. The molecule has 0 saturated carbocycles. The summed E-state index contributed by atoms with van der Waals surface area (Å²) < 4.78 is 5.20. The Hall–Kier alpha value is -3.06. The molecule has 0 spiro atoms. The van der Waals surface area contributed by atoms with Gasteiger partial charge in [0.05, 0.1) is 7.11 Å². The minimum Gasteiger partial charge on any atom is -0.497 e. The smallest absolute Gasteiger partial charge is 0.319 e. The van der Waals surface area contributed by atoms with Crippen molar-refractivity contribution < 1.29 is 14.3 Å². The van der Waals surface area contributed by atoms with Crippen LogP contribution in [-0.4, -0.2) is 49.1 Å². The molecule has 7 heteroatoms. The van der Waals surface area contributed by atoms with E-state index < -0.39 is 12.1 Å². The van der Waals surface area contributed by atoms with Gasteiger partial charge in [-0.1, -0.05) is 56.7 Å². The normalized spacial score (nSPS) is 16.5. The lowest BCUT2D eigenvalue weighted by Crippen LogP contribution is -2.55. The minimum atomic E-state index is -0.594. The van der Waals surface area contributed by atoms with E-state index >= 15 is 0 Å². The Kier molecular flexibility index (Phi) is 9.13. The zero-order valence-corrected chi connectivity index (χ0v) is 19.8. The predicted octanol–water partition coefficient (Wildman–Crippen LogP) is 4.01. The molecule has 1 heterocycles. The van der Waals surface area contributed by atoms with Crippen molar-refractivity contribution in [3.05, 3.63) is 60.2 Å². The fourth-order valence-corrected chi connectivity index (χ4v) is 4.08. The Morgan fingerprint density at radius 1 is 1.09 bits per heavy atom. The first-order chi connectivity index (χ1) is 16.0. The SMILES string of the molecule is CCC(C)C(NC(=O)Nc1cccc(OC)c1)C(=O)NC1CCN(Cc2ccccc2)CC1. The number of amides is 3. The summed E-state index contributed by atoms with van der Waals surface area (Å²) in [7, 11) is 1.58. The molecule has 3 amide bonds. The number of ether oxygens (including phenoxy) is 1. The number of benzene rings is 2. The molecular weight excluding hydrogens is 416 g/mol. The number of piperidine rings is 1. The van der Waals surface area contributed by atoms with E-state index in [2.05, 4.69) is 45.1 Å². The number of nitrogens with one attached hydrogen (secondary N) is 3. The highest BCUT2D eigenvalue weighted by Crippen LogP contribution is 2.18. The van der Waals surface area contributed by atoms with Crippen molar-refractivity contribution in [1.82, 2.24) is 15.5 Å². The van der Waals surface area contributed by atoms with Gasteiger partial charge >= 0.3 is 6.03 Å². The number of methoxy groups -OCH3 is 1. The average Bonchev–Trinajstić information content (AvgIpc) is 2.84. The number of nitrogens with zero attached hydrogens (tertiary/aromatic N) is 1. The molecule has 1 fully saturated rings. The van der Waals surface area contributed by atoms with E-state index in [1.54, 1.807) is 25.3 Å². The topological polar surface area (TPSA) is 82.7 Å². The number of hydrogen-bond acceptors (Lipinski definition) is 4. The van der Waals surface area contributed by atoms with E-state index in [0.29, 0.717) is 11.4 Å². The third kappa shape index (κ3) is 7.49. The molecule has 2 unspecified atom stereocenters. The second-order valence-electron chi connectivity index (χ2n) is 8.74. The zero-order chi connectivity index (χ0) is 23.6. The summed E-state index contributed by atoms with van der Waals surface area (Å²) in [4.78, 5) is 28.1. The maximum absolute atomic E-state index is 13.1. The summed E-state index contributed by atoms with van der Waals surface area (Å²) in [5.41, 5.74) is 1.92. The quantitative estimate of drug-likeness (QED) is 0.537. The Bertz CT molecular complexity index is 897. The van der Waals surface area contributed by atoms with Crippen molar-refractivity contribution in [2.24, 2.45) is 5.92 Å². The maximum Gasteiger partial charge on any atom is 0.319 e. The summed E-state index contributed by atoms with van der Waals surface area (Å²) in [6, 6.07) is 16.7. The molecule has 1 saturated heterocycles. The van der Waals surface area contributed by atoms with Crippen LogP contribution in [0.25, 0.3) is 0 Å². The van der Waals surface area contributed by atoms with Crippen molar-refractivity contribution in [3.63, 3.8) is 0 Å². The van der Waals surface area contributed by atoms with Crippen LogP contribution in [0.15, 0.2) is 54.6 Å². The molecule has 7 nitrogen and oxygen atoms in total. The lowest BCUT2D eigenvalue weighted by Gasteiger charge is -2.34. The molecule has 2 aromatic rings. The van der Waals surface area contributed by atoms with Gasteiger partial charge < -0.3 is 20.7 Å². The van der Waals surface area contributed by atoms with Crippen LogP contribution >= 0.6 is 0 Å². The lowest BCUT2D eigenvalue weighted by molar-refractivity contribution is -0.125. The Morgan fingerprint density at radius 2 is 1.82 bits per heavy atom. The van der Waals surface area contributed by atoms with Gasteiger partial charge in [0.25, 0.3) is 0 Å². The monoisotopic (exact) mass is 452 g/mol. The van der Waals surface area contributed by atoms with Crippen molar-refractivity contribution in [3.8, 4) is 5.75 Å². The molecule has 0 aliphatic carbocycles. The molecule has 0 aromatic heterocycles. The number of carbonyl (C=O) groups is 2. The first-order valence-electron chi connectivity index (χ1n) is 11.8. The summed E-state index contributed by atoms with van der Waals surface area (Å²) in [6.07, 6.45) is 2.59. The van der Waals surface area contributed by atoms with E-state index in [4.69, 9.17) is 4.74 Å². The average molecular weight is 453 g/mol. The predicted molar refractivity (Wildman–Crippen MR) is 131 cm³/mol. The van der Waals surface area contributed by atoms with Crippen molar-refractivity contribution in [1.29, 1.82) is 0 Å². The molecule has 2 aromatic carbocycles. The van der Waals surface area contributed by atoms with Crippen LogP contribution in [0.5, 0.6) is 5.75 Å². The van der Waals surface area contributed by atoms with Crippen LogP contribution < -0.4 is 20.7 Å². The molecule has 2 atom stereocenters. The van der Waals surface area contributed by atoms with Gasteiger partial charge in [0.2, 0.25) is 5.91 Å². The van der Waals surface area contributed by atoms with E-state index in [0.717, 1.165) is 38.9 Å². The van der Waals surface area contributed by atoms with Crippen LogP contribution in [0.4, 0.5) is 10.5 Å². The van der Waals surface area contributed by atoms with Crippen LogP contribution in [0.1, 0.15) is 38.7 Å². The highest BCUT2D eigenvalue weighted by atomic mass is 16.5. The van der Waals surface area contributed by atoms with Crippen LogP contribution in [-0.2, 0) is 11.3 Å². The first kappa shape index (κ1) is 24.6. The number of likely N-dealkylation sites (tertiary alicyclic amines) is 1. The lowest BCUT2D eigenvalue weighted by atomic mass is 9.97. The number of carbonyl (C=O) groups excluding carboxylic acids is 2. The molecule has 3 N–H and O–H groups in total. The Labute approximate surface area is 196 Å². The van der Waals surface area contributed by atoms with Crippen molar-refractivity contribution in [2.75, 3.05) is 25.5 Å². The van der Waals surface area contributed by atoms with Crippen LogP contribution in [0, 0.1) is 5.92 Å². The van der Waals surface area contributed by atoms with Crippen LogP contribution in [0.2, 0.25) is 0 Å². The van der Waals surface area contributed by atoms with Gasteiger partial charge in [-0.3, -0.25) is 9.69 Å². The van der Waals surface area contributed by atoms with Crippen molar-refractivity contribution >= 4 is 17.6 Å². The molecule has 0 bridgehead atoms. The molecule has 178 valence electrons. The second-order valence-corrected chi connectivity index (χ2v) is 8.74. The first-order valence-corrected chi connectivity index (χ1v) is 11.8. The van der Waals surface area contributed by atoms with E-state index in [-0.39, 0.29) is 17.9 Å². The summed E-state index contributed by atoms with van der Waals surface area (Å²) in [6.45, 7) is 6.82. The molecule has 0 radical (unpaired) electrons. The summed E-state index contributed by atoms with van der Waals surface area (Å²) in [5.74, 6) is 0.550. The molecule has 33 heavy (non-hydrogen) atoms. The largest absolute Gasteiger partial charge is 0.497 e. The van der Waals surface area contributed by atoms with Crippen molar-refractivity contribution in [2.45, 2.75) is 51.7 Å². The van der Waals surface area contributed by atoms with Gasteiger partial charge in [-0.15, -0.1) is 0 Å².